The number of rotatable bonds is 2. The fourth-order valence-electron chi connectivity index (χ4n) is 2.17. The highest BCUT2D eigenvalue weighted by molar-refractivity contribution is 7.13. The molecule has 1 nitrogen and oxygen atoms in total. The fraction of sp³-hybridized carbons (Fsp3) is 0.143. The number of aryl methyl sites for hydroxylation is 1. The highest BCUT2D eigenvalue weighted by atomic mass is 32.1. The molecule has 0 spiro atoms. The first-order valence-corrected chi connectivity index (χ1v) is 6.41. The third-order valence-electron chi connectivity index (χ3n) is 2.90. The Hall–Kier alpha value is -1.54. The van der Waals surface area contributed by atoms with Crippen molar-refractivity contribution in [3.63, 3.8) is 0 Å². The highest BCUT2D eigenvalue weighted by Crippen LogP contribution is 2.35. The van der Waals surface area contributed by atoms with Crippen molar-refractivity contribution >= 4 is 22.2 Å². The van der Waals surface area contributed by atoms with E-state index in [0.29, 0.717) is 0 Å². The number of aromatic nitrogens is 1. The van der Waals surface area contributed by atoms with Gasteiger partial charge >= 0.3 is 0 Å². The molecule has 0 radical (unpaired) electrons. The third kappa shape index (κ3) is 1.38. The third-order valence-corrected chi connectivity index (χ3v) is 3.79. The molecule has 3 aromatic rings. The first-order valence-electron chi connectivity index (χ1n) is 5.53. The Balaban J connectivity index is 2.36. The normalized spacial score (nSPS) is 11.1. The van der Waals surface area contributed by atoms with Gasteiger partial charge < -0.3 is 4.98 Å². The second-order valence-corrected chi connectivity index (χ2v) is 4.80. The lowest BCUT2D eigenvalue weighted by molar-refractivity contribution is 1.08. The Morgan fingerprint density at radius 1 is 1.12 bits per heavy atom. The van der Waals surface area contributed by atoms with E-state index in [4.69, 9.17) is 0 Å². The topological polar surface area (TPSA) is 15.8 Å². The van der Waals surface area contributed by atoms with E-state index in [1.54, 1.807) is 11.3 Å². The maximum Gasteiger partial charge on any atom is 0.0462 e. The van der Waals surface area contributed by atoms with E-state index in [1.165, 1.54) is 27.0 Å². The van der Waals surface area contributed by atoms with E-state index >= 15 is 0 Å². The first-order chi connectivity index (χ1) is 7.90. The molecule has 0 saturated heterocycles. The van der Waals surface area contributed by atoms with Gasteiger partial charge in [0, 0.05) is 27.0 Å². The molecule has 0 unspecified atom stereocenters. The minimum atomic E-state index is 1.04. The molecule has 0 aliphatic heterocycles. The molecular weight excluding hydrogens is 214 g/mol. The Morgan fingerprint density at radius 2 is 2.00 bits per heavy atom. The minimum Gasteiger partial charge on any atom is -0.358 e. The first kappa shape index (κ1) is 9.67. The van der Waals surface area contributed by atoms with Crippen LogP contribution >= 0.6 is 11.3 Å². The SMILES string of the molecule is CCc1[nH]c2ccccc2c1-c1cccs1. The van der Waals surface area contributed by atoms with Gasteiger partial charge in [-0.2, -0.15) is 0 Å². The molecule has 0 aliphatic rings. The van der Waals surface area contributed by atoms with E-state index in [0.717, 1.165) is 6.42 Å². The molecule has 1 N–H and O–H groups in total. The van der Waals surface area contributed by atoms with Crippen molar-refractivity contribution in [1.82, 2.24) is 4.98 Å². The zero-order valence-electron chi connectivity index (χ0n) is 9.16. The van der Waals surface area contributed by atoms with E-state index in [9.17, 15) is 0 Å². The molecule has 0 saturated carbocycles. The van der Waals surface area contributed by atoms with Crippen LogP contribution in [-0.2, 0) is 6.42 Å². The predicted octanol–water partition coefficient (Wildman–Crippen LogP) is 4.46. The smallest absolute Gasteiger partial charge is 0.0462 e. The van der Waals surface area contributed by atoms with Crippen molar-refractivity contribution in [2.24, 2.45) is 0 Å². The number of thiophene rings is 1. The van der Waals surface area contributed by atoms with Gasteiger partial charge in [-0.05, 0) is 23.9 Å². The molecule has 80 valence electrons. The molecule has 2 aromatic heterocycles. The van der Waals surface area contributed by atoms with Crippen LogP contribution < -0.4 is 0 Å². The summed E-state index contributed by atoms with van der Waals surface area (Å²) in [7, 11) is 0. The molecule has 0 aliphatic carbocycles. The average molecular weight is 227 g/mol. The molecular formula is C14H13NS. The summed E-state index contributed by atoms with van der Waals surface area (Å²) in [6.07, 6.45) is 1.04. The summed E-state index contributed by atoms with van der Waals surface area (Å²) in [5, 5.41) is 3.47. The van der Waals surface area contributed by atoms with Crippen LogP contribution in [0.25, 0.3) is 21.3 Å². The van der Waals surface area contributed by atoms with E-state index in [2.05, 4.69) is 53.7 Å². The minimum absolute atomic E-state index is 1.04. The van der Waals surface area contributed by atoms with Crippen molar-refractivity contribution in [2.45, 2.75) is 13.3 Å². The zero-order valence-corrected chi connectivity index (χ0v) is 9.97. The molecule has 16 heavy (non-hydrogen) atoms. The van der Waals surface area contributed by atoms with Gasteiger partial charge in [-0.15, -0.1) is 11.3 Å². The van der Waals surface area contributed by atoms with E-state index < -0.39 is 0 Å². The van der Waals surface area contributed by atoms with Gasteiger partial charge in [-0.1, -0.05) is 31.2 Å². The van der Waals surface area contributed by atoms with Crippen molar-refractivity contribution in [2.75, 3.05) is 0 Å². The largest absolute Gasteiger partial charge is 0.358 e. The number of para-hydroxylation sites is 1. The van der Waals surface area contributed by atoms with Gasteiger partial charge in [-0.3, -0.25) is 0 Å². The molecule has 1 aromatic carbocycles. The molecule has 0 atom stereocenters. The van der Waals surface area contributed by atoms with Crippen molar-refractivity contribution in [1.29, 1.82) is 0 Å². The summed E-state index contributed by atoms with van der Waals surface area (Å²) in [6.45, 7) is 2.20. The van der Waals surface area contributed by atoms with Crippen LogP contribution in [0.3, 0.4) is 0 Å². The number of hydrogen-bond donors (Lipinski definition) is 1. The van der Waals surface area contributed by atoms with Crippen LogP contribution in [0.4, 0.5) is 0 Å². The summed E-state index contributed by atoms with van der Waals surface area (Å²) in [5.41, 5.74) is 3.96. The number of aromatic amines is 1. The lowest BCUT2D eigenvalue weighted by atomic mass is 10.1. The van der Waals surface area contributed by atoms with E-state index in [-0.39, 0.29) is 0 Å². The number of fused-ring (bicyclic) bond motifs is 1. The second-order valence-electron chi connectivity index (χ2n) is 3.85. The van der Waals surface area contributed by atoms with Crippen LogP contribution in [0.5, 0.6) is 0 Å². The fourth-order valence-corrected chi connectivity index (χ4v) is 2.98. The van der Waals surface area contributed by atoms with Crippen LogP contribution in [0.15, 0.2) is 41.8 Å². The predicted molar refractivity (Wildman–Crippen MR) is 71.0 cm³/mol. The quantitative estimate of drug-likeness (QED) is 0.665. The standard InChI is InChI=1S/C14H13NS/c1-2-11-14(13-8-5-9-16-13)10-6-3-4-7-12(10)15-11/h3-9,15H,2H2,1H3. The summed E-state index contributed by atoms with van der Waals surface area (Å²) in [4.78, 5) is 4.86. The Morgan fingerprint density at radius 3 is 2.75 bits per heavy atom. The summed E-state index contributed by atoms with van der Waals surface area (Å²) in [5.74, 6) is 0. The van der Waals surface area contributed by atoms with Gasteiger partial charge in [0.2, 0.25) is 0 Å². The second kappa shape index (κ2) is 3.80. The van der Waals surface area contributed by atoms with Crippen molar-refractivity contribution in [3.8, 4) is 10.4 Å². The maximum atomic E-state index is 3.51. The van der Waals surface area contributed by atoms with Gasteiger partial charge in [0.05, 0.1) is 0 Å². The Labute approximate surface area is 98.7 Å². The monoisotopic (exact) mass is 227 g/mol. The summed E-state index contributed by atoms with van der Waals surface area (Å²) < 4.78 is 0. The van der Waals surface area contributed by atoms with Crippen LogP contribution in [0.2, 0.25) is 0 Å². The molecule has 3 rings (SSSR count). The number of nitrogens with one attached hydrogen (secondary N) is 1. The molecule has 0 amide bonds. The summed E-state index contributed by atoms with van der Waals surface area (Å²) in [6, 6.07) is 12.8. The number of hydrogen-bond acceptors (Lipinski definition) is 1. The van der Waals surface area contributed by atoms with Gasteiger partial charge in [0.15, 0.2) is 0 Å². The maximum absolute atomic E-state index is 3.51. The number of H-pyrrole nitrogens is 1. The highest BCUT2D eigenvalue weighted by Gasteiger charge is 2.11. The average Bonchev–Trinajstić information content (AvgIpc) is 2.94. The lowest BCUT2D eigenvalue weighted by Gasteiger charge is -1.98. The number of benzene rings is 1. The van der Waals surface area contributed by atoms with Gasteiger partial charge in [0.25, 0.3) is 0 Å². The van der Waals surface area contributed by atoms with Gasteiger partial charge in [-0.25, -0.2) is 0 Å². The van der Waals surface area contributed by atoms with E-state index in [1.807, 2.05) is 0 Å². The lowest BCUT2D eigenvalue weighted by Crippen LogP contribution is -1.81. The van der Waals surface area contributed by atoms with Gasteiger partial charge in [0.1, 0.15) is 0 Å². The van der Waals surface area contributed by atoms with Crippen LogP contribution in [-0.4, -0.2) is 4.98 Å². The Bertz CT molecular complexity index is 605. The Kier molecular flexibility index (Phi) is 2.29. The van der Waals surface area contributed by atoms with Crippen molar-refractivity contribution < 1.29 is 0 Å². The molecule has 2 heteroatoms. The molecule has 0 fully saturated rings. The van der Waals surface area contributed by atoms with Crippen LogP contribution in [0.1, 0.15) is 12.6 Å². The van der Waals surface area contributed by atoms with Crippen LogP contribution in [0, 0.1) is 0 Å². The molecule has 2 heterocycles. The zero-order chi connectivity index (χ0) is 11.0. The molecule has 0 bridgehead atoms. The summed E-state index contributed by atoms with van der Waals surface area (Å²) >= 11 is 1.81. The van der Waals surface area contributed by atoms with Crippen molar-refractivity contribution in [3.05, 3.63) is 47.5 Å².